The summed E-state index contributed by atoms with van der Waals surface area (Å²) in [5.41, 5.74) is 2.58. The first-order valence-corrected chi connectivity index (χ1v) is 8.22. The smallest absolute Gasteiger partial charge is 0.266 e. The molecule has 0 bridgehead atoms. The topological polar surface area (TPSA) is 76.8 Å². The van der Waals surface area contributed by atoms with Crippen molar-refractivity contribution in [2.75, 3.05) is 18.0 Å². The maximum atomic E-state index is 12.1. The van der Waals surface area contributed by atoms with E-state index in [1.165, 1.54) is 0 Å². The number of rotatable bonds is 4. The number of nitrogens with zero attached hydrogens (tertiary/aromatic N) is 6. The monoisotopic (exact) mass is 334 g/mol. The molecular weight excluding hydrogens is 316 g/mol. The Morgan fingerprint density at radius 3 is 2.56 bits per heavy atom. The maximum absolute atomic E-state index is 12.1. The first kappa shape index (κ1) is 15.4. The summed E-state index contributed by atoms with van der Waals surface area (Å²) in [6.45, 7) is 4.27. The Labute approximate surface area is 145 Å². The van der Waals surface area contributed by atoms with Crippen molar-refractivity contribution in [1.29, 1.82) is 0 Å². The highest BCUT2D eigenvalue weighted by atomic mass is 16.1. The summed E-state index contributed by atoms with van der Waals surface area (Å²) in [7, 11) is 0. The summed E-state index contributed by atoms with van der Waals surface area (Å²) in [5, 5.41) is 4.51. The van der Waals surface area contributed by atoms with E-state index < -0.39 is 0 Å². The van der Waals surface area contributed by atoms with Crippen LogP contribution in [0.15, 0.2) is 53.8 Å². The highest BCUT2D eigenvalue weighted by Crippen LogP contribution is 2.25. The van der Waals surface area contributed by atoms with Crippen LogP contribution in [0.1, 0.15) is 5.69 Å². The highest BCUT2D eigenvalue weighted by molar-refractivity contribution is 5.57. The third-order valence-corrected chi connectivity index (χ3v) is 4.39. The first-order valence-electron chi connectivity index (χ1n) is 8.22. The summed E-state index contributed by atoms with van der Waals surface area (Å²) in [4.78, 5) is 27.0. The van der Waals surface area contributed by atoms with Gasteiger partial charge in [-0.15, -0.1) is 0 Å². The first-order chi connectivity index (χ1) is 12.2. The molecule has 1 saturated heterocycles. The molecule has 0 aromatic carbocycles. The molecule has 4 rings (SSSR count). The van der Waals surface area contributed by atoms with Crippen molar-refractivity contribution < 1.29 is 0 Å². The van der Waals surface area contributed by atoms with Crippen molar-refractivity contribution in [3.8, 4) is 11.3 Å². The molecule has 0 spiro atoms. The van der Waals surface area contributed by atoms with Crippen LogP contribution in [-0.2, 0) is 6.54 Å². The van der Waals surface area contributed by atoms with Crippen molar-refractivity contribution in [3.05, 3.63) is 65.1 Å². The van der Waals surface area contributed by atoms with Crippen molar-refractivity contribution >= 4 is 5.82 Å². The number of pyridine rings is 1. The molecule has 25 heavy (non-hydrogen) atoms. The fourth-order valence-electron chi connectivity index (χ4n) is 3.07. The third-order valence-electron chi connectivity index (χ3n) is 4.39. The molecule has 126 valence electrons. The van der Waals surface area contributed by atoms with E-state index in [1.807, 2.05) is 19.1 Å². The van der Waals surface area contributed by atoms with Crippen molar-refractivity contribution in [2.45, 2.75) is 13.5 Å². The second kappa shape index (κ2) is 6.43. The van der Waals surface area contributed by atoms with E-state index >= 15 is 0 Å². The SMILES string of the molecule is Cc1nccnc1N1CC(Cn2nc(-c3ccncc3)ccc2=O)C1. The molecule has 0 aliphatic carbocycles. The predicted octanol–water partition coefficient (Wildman–Crippen LogP) is 1.54. The average molecular weight is 334 g/mol. The van der Waals surface area contributed by atoms with Crippen molar-refractivity contribution in [1.82, 2.24) is 24.7 Å². The van der Waals surface area contributed by atoms with Gasteiger partial charge in [0, 0.05) is 55.4 Å². The molecule has 1 fully saturated rings. The molecule has 0 N–H and O–H groups in total. The van der Waals surface area contributed by atoms with Gasteiger partial charge in [0.15, 0.2) is 0 Å². The van der Waals surface area contributed by atoms with Crippen LogP contribution in [0.3, 0.4) is 0 Å². The molecule has 0 atom stereocenters. The van der Waals surface area contributed by atoms with E-state index in [4.69, 9.17) is 0 Å². The fourth-order valence-corrected chi connectivity index (χ4v) is 3.07. The molecule has 0 unspecified atom stereocenters. The van der Waals surface area contributed by atoms with Gasteiger partial charge in [-0.2, -0.15) is 5.10 Å². The minimum atomic E-state index is -0.0769. The third kappa shape index (κ3) is 3.13. The minimum absolute atomic E-state index is 0.0769. The van der Waals surface area contributed by atoms with Gasteiger partial charge in [0.05, 0.1) is 17.9 Å². The van der Waals surface area contributed by atoms with Gasteiger partial charge in [-0.3, -0.25) is 14.8 Å². The average Bonchev–Trinajstić information content (AvgIpc) is 2.61. The molecule has 0 saturated carbocycles. The number of aryl methyl sites for hydroxylation is 1. The van der Waals surface area contributed by atoms with E-state index in [-0.39, 0.29) is 5.56 Å². The van der Waals surface area contributed by atoms with E-state index in [0.29, 0.717) is 12.5 Å². The quantitative estimate of drug-likeness (QED) is 0.720. The summed E-state index contributed by atoms with van der Waals surface area (Å²) in [5.74, 6) is 1.30. The molecule has 1 aliphatic heterocycles. The van der Waals surface area contributed by atoms with Gasteiger partial charge in [-0.1, -0.05) is 0 Å². The van der Waals surface area contributed by atoms with Gasteiger partial charge >= 0.3 is 0 Å². The predicted molar refractivity (Wildman–Crippen MR) is 94.2 cm³/mol. The Bertz CT molecular complexity index is 934. The largest absolute Gasteiger partial charge is 0.354 e. The zero-order valence-electron chi connectivity index (χ0n) is 13.9. The molecule has 7 nitrogen and oxygen atoms in total. The minimum Gasteiger partial charge on any atom is -0.354 e. The Balaban J connectivity index is 1.47. The van der Waals surface area contributed by atoms with E-state index in [1.54, 1.807) is 41.6 Å². The Kier molecular flexibility index (Phi) is 3.97. The van der Waals surface area contributed by atoms with Gasteiger partial charge < -0.3 is 4.90 Å². The number of hydrogen-bond donors (Lipinski definition) is 0. The summed E-state index contributed by atoms with van der Waals surface area (Å²) < 4.78 is 1.56. The molecule has 7 heteroatoms. The lowest BCUT2D eigenvalue weighted by molar-refractivity contribution is 0.333. The fraction of sp³-hybridized carbons (Fsp3) is 0.278. The van der Waals surface area contributed by atoms with Crippen LogP contribution in [0, 0.1) is 12.8 Å². The van der Waals surface area contributed by atoms with Gasteiger partial charge in [0.25, 0.3) is 5.56 Å². The van der Waals surface area contributed by atoms with Crippen LogP contribution in [0.4, 0.5) is 5.82 Å². The van der Waals surface area contributed by atoms with E-state index in [2.05, 4.69) is 25.0 Å². The number of anilines is 1. The lowest BCUT2D eigenvalue weighted by Gasteiger charge is -2.40. The molecule has 3 aromatic heterocycles. The Hall–Kier alpha value is -3.09. The van der Waals surface area contributed by atoms with Gasteiger partial charge in [-0.25, -0.2) is 9.67 Å². The molecule has 0 radical (unpaired) electrons. The molecule has 3 aromatic rings. The lowest BCUT2D eigenvalue weighted by Crippen LogP contribution is -2.50. The van der Waals surface area contributed by atoms with Crippen molar-refractivity contribution in [3.63, 3.8) is 0 Å². The highest BCUT2D eigenvalue weighted by Gasteiger charge is 2.29. The zero-order valence-corrected chi connectivity index (χ0v) is 13.9. The van der Waals surface area contributed by atoms with Gasteiger partial charge in [0.2, 0.25) is 0 Å². The summed E-state index contributed by atoms with van der Waals surface area (Å²) >= 11 is 0. The summed E-state index contributed by atoms with van der Waals surface area (Å²) in [6, 6.07) is 7.11. The molecule has 4 heterocycles. The van der Waals surface area contributed by atoms with Crippen LogP contribution < -0.4 is 10.5 Å². The second-order valence-corrected chi connectivity index (χ2v) is 6.21. The van der Waals surface area contributed by atoms with Crippen LogP contribution in [0.2, 0.25) is 0 Å². The van der Waals surface area contributed by atoms with Crippen molar-refractivity contribution in [2.24, 2.45) is 5.92 Å². The zero-order chi connectivity index (χ0) is 17.2. The Morgan fingerprint density at radius 1 is 1.04 bits per heavy atom. The van der Waals surface area contributed by atoms with Crippen LogP contribution in [0.5, 0.6) is 0 Å². The summed E-state index contributed by atoms with van der Waals surface area (Å²) in [6.07, 6.45) is 6.85. The Morgan fingerprint density at radius 2 is 1.80 bits per heavy atom. The molecule has 0 amide bonds. The van der Waals surface area contributed by atoms with E-state index in [9.17, 15) is 4.79 Å². The maximum Gasteiger partial charge on any atom is 0.266 e. The standard InChI is InChI=1S/C18H18N6O/c1-13-18(21-9-8-20-13)23-10-14(11-23)12-24-17(25)3-2-16(22-24)15-4-6-19-7-5-15/h2-9,14H,10-12H2,1H3. The van der Waals surface area contributed by atoms with Gasteiger partial charge in [0.1, 0.15) is 5.82 Å². The van der Waals surface area contributed by atoms with Crippen LogP contribution in [-0.4, -0.2) is 37.8 Å². The second-order valence-electron chi connectivity index (χ2n) is 6.21. The van der Waals surface area contributed by atoms with E-state index in [0.717, 1.165) is 35.9 Å². The molecule has 1 aliphatic rings. The lowest BCUT2D eigenvalue weighted by atomic mass is 10.00. The number of aromatic nitrogens is 5. The van der Waals surface area contributed by atoms with Gasteiger partial charge in [-0.05, 0) is 25.1 Å². The number of hydrogen-bond acceptors (Lipinski definition) is 6. The normalized spacial score (nSPS) is 14.4. The molecular formula is C18H18N6O. The van der Waals surface area contributed by atoms with Crippen LogP contribution in [0.25, 0.3) is 11.3 Å². The van der Waals surface area contributed by atoms with Crippen LogP contribution >= 0.6 is 0 Å².